The molecular formula is C15H17N3O2. The van der Waals surface area contributed by atoms with Crippen LogP contribution in [0, 0.1) is 28.1 Å². The number of rotatable bonds is 3. The molecule has 5 nitrogen and oxygen atoms in total. The van der Waals surface area contributed by atoms with Gasteiger partial charge in [0.25, 0.3) is 0 Å². The van der Waals surface area contributed by atoms with E-state index < -0.39 is 6.04 Å². The standard InChI is InChI=1S/C15H17N3O2/c1-15(2,3)13(14(19)20-4)18-7-5-6-12(18)8-11(9-16)10-17/h5-8,13H,1-4H3/t13-/m0/s1. The Morgan fingerprint density at radius 2 is 2.00 bits per heavy atom. The third-order valence-electron chi connectivity index (χ3n) is 2.87. The highest BCUT2D eigenvalue weighted by Crippen LogP contribution is 2.33. The van der Waals surface area contributed by atoms with Crippen molar-refractivity contribution in [3.05, 3.63) is 29.6 Å². The van der Waals surface area contributed by atoms with Gasteiger partial charge in [0.05, 0.1) is 7.11 Å². The Kier molecular flexibility index (Phi) is 4.72. The summed E-state index contributed by atoms with van der Waals surface area (Å²) in [5.74, 6) is -0.362. The fourth-order valence-electron chi connectivity index (χ4n) is 2.00. The molecule has 0 bridgehead atoms. The maximum Gasteiger partial charge on any atom is 0.329 e. The van der Waals surface area contributed by atoms with Crippen molar-refractivity contribution >= 4 is 12.0 Å². The quantitative estimate of drug-likeness (QED) is 0.625. The highest BCUT2D eigenvalue weighted by atomic mass is 16.5. The number of hydrogen-bond donors (Lipinski definition) is 0. The highest BCUT2D eigenvalue weighted by molar-refractivity contribution is 5.76. The van der Waals surface area contributed by atoms with Crippen LogP contribution < -0.4 is 0 Å². The second kappa shape index (κ2) is 6.08. The third kappa shape index (κ3) is 3.27. The number of carbonyl (C=O) groups is 1. The van der Waals surface area contributed by atoms with Gasteiger partial charge in [-0.2, -0.15) is 10.5 Å². The van der Waals surface area contributed by atoms with Crippen LogP contribution in [-0.4, -0.2) is 17.6 Å². The predicted molar refractivity (Wildman–Crippen MR) is 74.1 cm³/mol. The normalized spacial score (nSPS) is 11.9. The molecule has 0 radical (unpaired) electrons. The smallest absolute Gasteiger partial charge is 0.329 e. The molecule has 1 atom stereocenters. The molecule has 1 aromatic rings. The van der Waals surface area contributed by atoms with Gasteiger partial charge in [0.1, 0.15) is 23.8 Å². The van der Waals surface area contributed by atoms with Gasteiger partial charge in [0.15, 0.2) is 0 Å². The van der Waals surface area contributed by atoms with Crippen molar-refractivity contribution in [3.8, 4) is 12.1 Å². The van der Waals surface area contributed by atoms with Crippen LogP contribution in [0.25, 0.3) is 6.08 Å². The maximum absolute atomic E-state index is 12.0. The van der Waals surface area contributed by atoms with Crippen molar-refractivity contribution in [3.63, 3.8) is 0 Å². The summed E-state index contributed by atoms with van der Waals surface area (Å²) in [6.07, 6.45) is 3.20. The summed E-state index contributed by atoms with van der Waals surface area (Å²) in [4.78, 5) is 12.0. The summed E-state index contributed by atoms with van der Waals surface area (Å²) in [5.41, 5.74) is 0.240. The minimum atomic E-state index is -0.535. The number of esters is 1. The molecule has 0 aliphatic rings. The van der Waals surface area contributed by atoms with Gasteiger partial charge in [-0.05, 0) is 23.6 Å². The fraction of sp³-hybridized carbons (Fsp3) is 0.400. The molecule has 0 amide bonds. The number of hydrogen-bond acceptors (Lipinski definition) is 4. The Morgan fingerprint density at radius 3 is 2.45 bits per heavy atom. The molecule has 0 saturated heterocycles. The maximum atomic E-state index is 12.0. The Morgan fingerprint density at radius 1 is 1.40 bits per heavy atom. The highest BCUT2D eigenvalue weighted by Gasteiger charge is 2.34. The van der Waals surface area contributed by atoms with Crippen molar-refractivity contribution in [2.24, 2.45) is 5.41 Å². The SMILES string of the molecule is COC(=O)[C@H](n1cccc1C=C(C#N)C#N)C(C)(C)C. The van der Waals surface area contributed by atoms with Gasteiger partial charge >= 0.3 is 5.97 Å². The minimum Gasteiger partial charge on any atom is -0.467 e. The van der Waals surface area contributed by atoms with Gasteiger partial charge in [-0.25, -0.2) is 4.79 Å². The van der Waals surface area contributed by atoms with Gasteiger partial charge in [-0.1, -0.05) is 20.8 Å². The second-order valence-corrected chi connectivity index (χ2v) is 5.41. The zero-order chi connectivity index (χ0) is 15.3. The van der Waals surface area contributed by atoms with E-state index in [1.165, 1.54) is 13.2 Å². The van der Waals surface area contributed by atoms with Crippen molar-refractivity contribution in [2.75, 3.05) is 7.11 Å². The van der Waals surface area contributed by atoms with Gasteiger partial charge in [0, 0.05) is 11.9 Å². The van der Waals surface area contributed by atoms with Gasteiger partial charge < -0.3 is 9.30 Å². The molecule has 0 aliphatic carbocycles. The molecule has 5 heteroatoms. The monoisotopic (exact) mass is 271 g/mol. The first-order valence-electron chi connectivity index (χ1n) is 6.11. The van der Waals surface area contributed by atoms with Crippen molar-refractivity contribution in [1.29, 1.82) is 10.5 Å². The average molecular weight is 271 g/mol. The van der Waals surface area contributed by atoms with E-state index in [0.717, 1.165) is 0 Å². The molecule has 1 aromatic heterocycles. The molecular weight excluding hydrogens is 254 g/mol. The van der Waals surface area contributed by atoms with Gasteiger partial charge in [-0.15, -0.1) is 0 Å². The number of nitrogens with zero attached hydrogens (tertiary/aromatic N) is 3. The van der Waals surface area contributed by atoms with Crippen LogP contribution in [-0.2, 0) is 9.53 Å². The Bertz CT molecular complexity index is 590. The summed E-state index contributed by atoms with van der Waals surface area (Å²) in [6.45, 7) is 5.78. The molecule has 104 valence electrons. The summed E-state index contributed by atoms with van der Waals surface area (Å²) in [5, 5.41) is 17.7. The summed E-state index contributed by atoms with van der Waals surface area (Å²) >= 11 is 0. The van der Waals surface area contributed by atoms with E-state index in [1.54, 1.807) is 22.9 Å². The fourth-order valence-corrected chi connectivity index (χ4v) is 2.00. The first-order valence-corrected chi connectivity index (χ1v) is 6.11. The third-order valence-corrected chi connectivity index (χ3v) is 2.87. The van der Waals surface area contributed by atoms with E-state index in [2.05, 4.69) is 0 Å². The molecule has 0 aliphatic heterocycles. The van der Waals surface area contributed by atoms with Crippen LogP contribution in [0.4, 0.5) is 0 Å². The lowest BCUT2D eigenvalue weighted by Crippen LogP contribution is -2.32. The Balaban J connectivity index is 3.36. The first-order chi connectivity index (χ1) is 9.35. The largest absolute Gasteiger partial charge is 0.467 e. The van der Waals surface area contributed by atoms with E-state index in [1.807, 2.05) is 32.9 Å². The van der Waals surface area contributed by atoms with E-state index >= 15 is 0 Å². The molecule has 0 fully saturated rings. The zero-order valence-electron chi connectivity index (χ0n) is 12.0. The van der Waals surface area contributed by atoms with Crippen LogP contribution in [0.15, 0.2) is 23.9 Å². The molecule has 0 unspecified atom stereocenters. The number of carbonyl (C=O) groups excluding carboxylic acids is 1. The van der Waals surface area contributed by atoms with E-state index in [-0.39, 0.29) is 17.0 Å². The number of allylic oxidation sites excluding steroid dienone is 1. The topological polar surface area (TPSA) is 78.8 Å². The second-order valence-electron chi connectivity index (χ2n) is 5.41. The van der Waals surface area contributed by atoms with E-state index in [0.29, 0.717) is 5.69 Å². The van der Waals surface area contributed by atoms with Crippen LogP contribution in [0.1, 0.15) is 32.5 Å². The lowest BCUT2D eigenvalue weighted by molar-refractivity contribution is -0.148. The zero-order valence-corrected chi connectivity index (χ0v) is 12.0. The summed E-state index contributed by atoms with van der Waals surface area (Å²) in [7, 11) is 1.34. The van der Waals surface area contributed by atoms with Gasteiger partial charge in [-0.3, -0.25) is 0 Å². The number of aromatic nitrogens is 1. The first kappa shape index (κ1) is 15.5. The van der Waals surface area contributed by atoms with Crippen molar-refractivity contribution in [1.82, 2.24) is 4.57 Å². The number of ether oxygens (including phenoxy) is 1. The van der Waals surface area contributed by atoms with Crippen molar-refractivity contribution < 1.29 is 9.53 Å². The molecule has 20 heavy (non-hydrogen) atoms. The van der Waals surface area contributed by atoms with Crippen LogP contribution >= 0.6 is 0 Å². The average Bonchev–Trinajstić information content (AvgIpc) is 2.82. The molecule has 0 saturated carbocycles. The lowest BCUT2D eigenvalue weighted by atomic mass is 9.86. The van der Waals surface area contributed by atoms with Crippen molar-refractivity contribution in [2.45, 2.75) is 26.8 Å². The molecule has 0 N–H and O–H groups in total. The minimum absolute atomic E-state index is 0.0116. The molecule has 0 spiro atoms. The van der Waals surface area contributed by atoms with E-state index in [9.17, 15) is 4.79 Å². The molecule has 1 rings (SSSR count). The lowest BCUT2D eigenvalue weighted by Gasteiger charge is -2.30. The Hall–Kier alpha value is -2.53. The molecule has 0 aromatic carbocycles. The summed E-state index contributed by atoms with van der Waals surface area (Å²) < 4.78 is 6.59. The van der Waals surface area contributed by atoms with Crippen LogP contribution in [0.5, 0.6) is 0 Å². The number of nitriles is 2. The molecule has 1 heterocycles. The van der Waals surface area contributed by atoms with Crippen LogP contribution in [0.3, 0.4) is 0 Å². The van der Waals surface area contributed by atoms with Gasteiger partial charge in [0.2, 0.25) is 0 Å². The van der Waals surface area contributed by atoms with E-state index in [4.69, 9.17) is 15.3 Å². The Labute approximate surface area is 118 Å². The predicted octanol–water partition coefficient (Wildman–Crippen LogP) is 2.68. The van der Waals surface area contributed by atoms with Crippen LogP contribution in [0.2, 0.25) is 0 Å². The summed E-state index contributed by atoms with van der Waals surface area (Å²) in [6, 6.07) is 6.59. The number of methoxy groups -OCH3 is 1.